The van der Waals surface area contributed by atoms with Crippen LogP contribution >= 0.6 is 11.3 Å². The Kier molecular flexibility index (Phi) is 6.68. The lowest BCUT2D eigenvalue weighted by molar-refractivity contribution is -0.142. The minimum Gasteiger partial charge on any atom is -0.480 e. The Labute approximate surface area is 184 Å². The van der Waals surface area contributed by atoms with Gasteiger partial charge in [-0.15, -0.1) is 11.3 Å². The normalized spacial score (nSPS) is 12.4. The second-order valence-corrected chi connectivity index (χ2v) is 8.45. The maximum atomic E-state index is 12.3. The number of carbonyl (C=O) groups excluding carboxylic acids is 1. The molecule has 1 unspecified atom stereocenters. The monoisotopic (exact) mass is 434 g/mol. The number of benzene rings is 2. The van der Waals surface area contributed by atoms with E-state index in [0.29, 0.717) is 5.69 Å². The van der Waals surface area contributed by atoms with E-state index in [1.807, 2.05) is 43.3 Å². The fourth-order valence-electron chi connectivity index (χ4n) is 2.90. The van der Waals surface area contributed by atoms with Crippen molar-refractivity contribution in [3.63, 3.8) is 0 Å². The average molecular weight is 435 g/mol. The van der Waals surface area contributed by atoms with Gasteiger partial charge in [0.2, 0.25) is 0 Å². The molecule has 2 aromatic carbocycles. The molecule has 1 aromatic heterocycles. The molecule has 3 aromatic rings. The fourth-order valence-corrected chi connectivity index (χ4v) is 3.97. The van der Waals surface area contributed by atoms with Gasteiger partial charge < -0.3 is 15.7 Å². The van der Waals surface area contributed by atoms with Gasteiger partial charge in [0, 0.05) is 17.5 Å². The molecular formula is C23H22N4O3S. The molecule has 0 bridgehead atoms. The number of carbonyl (C=O) groups is 2. The number of hydrogen-bond acceptors (Lipinski definition) is 6. The summed E-state index contributed by atoms with van der Waals surface area (Å²) in [7, 11) is 0. The van der Waals surface area contributed by atoms with Crippen LogP contribution < -0.4 is 10.6 Å². The van der Waals surface area contributed by atoms with E-state index < -0.39 is 17.9 Å². The van der Waals surface area contributed by atoms with Crippen LogP contribution in [0.25, 0.3) is 20.8 Å². The molecule has 0 aliphatic heterocycles. The molecule has 3 N–H and O–H groups in total. The molecule has 31 heavy (non-hydrogen) atoms. The largest absolute Gasteiger partial charge is 0.480 e. The number of hydrogen-bond donors (Lipinski definition) is 3. The van der Waals surface area contributed by atoms with Gasteiger partial charge in [0.25, 0.3) is 5.91 Å². The predicted octanol–water partition coefficient (Wildman–Crippen LogP) is 4.32. The maximum absolute atomic E-state index is 12.3. The van der Waals surface area contributed by atoms with E-state index in [9.17, 15) is 20.0 Å². The summed E-state index contributed by atoms with van der Waals surface area (Å²) in [4.78, 5) is 28.2. The standard InChI is InChI=1S/C23H22N4O3S/c1-13(2)20(23(29)30)27-21(28)16(11-24)12-25-17-7-5-15(6-8-17)22-26-18-9-4-14(3)10-19(18)31-22/h4-10,12-13,20,25H,1-3H3,(H,27,28)(H,29,30)/b16-12-. The molecule has 0 saturated carbocycles. The van der Waals surface area contributed by atoms with Gasteiger partial charge in [0.15, 0.2) is 0 Å². The minimum atomic E-state index is -1.14. The number of carboxylic acids is 1. The van der Waals surface area contributed by atoms with Crippen molar-refractivity contribution in [2.24, 2.45) is 5.92 Å². The van der Waals surface area contributed by atoms with Crippen molar-refractivity contribution in [3.8, 4) is 16.6 Å². The first-order valence-corrected chi connectivity index (χ1v) is 10.5. The summed E-state index contributed by atoms with van der Waals surface area (Å²) < 4.78 is 1.13. The number of thiazole rings is 1. The Bertz CT molecular complexity index is 1190. The van der Waals surface area contributed by atoms with Crippen LogP contribution in [0.2, 0.25) is 0 Å². The topological polar surface area (TPSA) is 115 Å². The van der Waals surface area contributed by atoms with Crippen LogP contribution in [0.4, 0.5) is 5.69 Å². The summed E-state index contributed by atoms with van der Waals surface area (Å²) in [6.45, 7) is 5.41. The molecule has 0 spiro atoms. The van der Waals surface area contributed by atoms with E-state index in [4.69, 9.17) is 0 Å². The Hall–Kier alpha value is -3.70. The number of aliphatic carboxylic acids is 1. The van der Waals surface area contributed by atoms with Gasteiger partial charge in [-0.1, -0.05) is 19.9 Å². The highest BCUT2D eigenvalue weighted by atomic mass is 32.1. The van der Waals surface area contributed by atoms with E-state index in [2.05, 4.69) is 21.7 Å². The maximum Gasteiger partial charge on any atom is 0.326 e. The number of nitrogens with one attached hydrogen (secondary N) is 2. The van der Waals surface area contributed by atoms with Crippen molar-refractivity contribution < 1.29 is 14.7 Å². The lowest BCUT2D eigenvalue weighted by atomic mass is 10.0. The second kappa shape index (κ2) is 9.41. The minimum absolute atomic E-state index is 0.211. The van der Waals surface area contributed by atoms with Crippen LogP contribution in [-0.2, 0) is 9.59 Å². The molecule has 7 nitrogen and oxygen atoms in total. The highest BCUT2D eigenvalue weighted by Crippen LogP contribution is 2.31. The third-order valence-corrected chi connectivity index (χ3v) is 5.71. The van der Waals surface area contributed by atoms with Gasteiger partial charge in [0.1, 0.15) is 22.7 Å². The van der Waals surface area contributed by atoms with Crippen LogP contribution in [0, 0.1) is 24.2 Å². The highest BCUT2D eigenvalue weighted by molar-refractivity contribution is 7.21. The molecule has 1 amide bonds. The molecule has 0 radical (unpaired) electrons. The van der Waals surface area contributed by atoms with Gasteiger partial charge in [-0.3, -0.25) is 4.79 Å². The molecule has 8 heteroatoms. The Morgan fingerprint density at radius 1 is 1.19 bits per heavy atom. The SMILES string of the molecule is Cc1ccc2nc(-c3ccc(N/C=C(/C#N)C(=O)NC(C(=O)O)C(C)C)cc3)sc2c1. The predicted molar refractivity (Wildman–Crippen MR) is 122 cm³/mol. The highest BCUT2D eigenvalue weighted by Gasteiger charge is 2.24. The number of nitrogens with zero attached hydrogens (tertiary/aromatic N) is 2. The van der Waals surface area contributed by atoms with Crippen LogP contribution in [0.3, 0.4) is 0 Å². The number of amides is 1. The third-order valence-electron chi connectivity index (χ3n) is 4.64. The van der Waals surface area contributed by atoms with Gasteiger partial charge in [-0.05, 0) is 54.8 Å². The average Bonchev–Trinajstić information content (AvgIpc) is 3.15. The summed E-state index contributed by atoms with van der Waals surface area (Å²) in [6, 6.07) is 14.3. The number of rotatable bonds is 7. The van der Waals surface area contributed by atoms with Gasteiger partial charge in [0.05, 0.1) is 10.2 Å². The first kappa shape index (κ1) is 22.0. The van der Waals surface area contributed by atoms with Crippen LogP contribution in [0.5, 0.6) is 0 Å². The molecule has 0 fully saturated rings. The quantitative estimate of drug-likeness (QED) is 0.377. The van der Waals surface area contributed by atoms with Crippen LogP contribution in [0.1, 0.15) is 19.4 Å². The summed E-state index contributed by atoms with van der Waals surface area (Å²) in [5.41, 5.74) is 3.58. The zero-order chi connectivity index (χ0) is 22.5. The first-order valence-electron chi connectivity index (χ1n) is 9.66. The number of aromatic nitrogens is 1. The third kappa shape index (κ3) is 5.27. The number of fused-ring (bicyclic) bond motifs is 1. The smallest absolute Gasteiger partial charge is 0.326 e. The molecule has 1 atom stereocenters. The zero-order valence-corrected chi connectivity index (χ0v) is 18.2. The van der Waals surface area contributed by atoms with E-state index in [1.54, 1.807) is 31.3 Å². The van der Waals surface area contributed by atoms with Crippen molar-refractivity contribution in [3.05, 3.63) is 59.8 Å². The molecule has 0 saturated heterocycles. The Morgan fingerprint density at radius 2 is 1.90 bits per heavy atom. The van der Waals surface area contributed by atoms with Crippen molar-refractivity contribution in [1.82, 2.24) is 10.3 Å². The molecular weight excluding hydrogens is 412 g/mol. The summed E-state index contributed by atoms with van der Waals surface area (Å²) in [5.74, 6) is -2.19. The van der Waals surface area contributed by atoms with E-state index in [-0.39, 0.29) is 11.5 Å². The molecule has 3 rings (SSSR count). The molecule has 0 aliphatic rings. The van der Waals surface area contributed by atoms with Gasteiger partial charge >= 0.3 is 5.97 Å². The number of aryl methyl sites for hydroxylation is 1. The van der Waals surface area contributed by atoms with E-state index >= 15 is 0 Å². The van der Waals surface area contributed by atoms with Crippen molar-refractivity contribution in [1.29, 1.82) is 5.26 Å². The fraction of sp³-hybridized carbons (Fsp3) is 0.217. The Balaban J connectivity index is 1.71. The summed E-state index contributed by atoms with van der Waals surface area (Å²) in [5, 5.41) is 24.7. The van der Waals surface area contributed by atoms with Gasteiger partial charge in [-0.2, -0.15) is 5.26 Å². The second-order valence-electron chi connectivity index (χ2n) is 7.42. The lowest BCUT2D eigenvalue weighted by Crippen LogP contribution is -2.44. The van der Waals surface area contributed by atoms with Gasteiger partial charge in [-0.25, -0.2) is 9.78 Å². The van der Waals surface area contributed by atoms with Crippen molar-refractivity contribution in [2.75, 3.05) is 5.32 Å². The molecule has 0 aliphatic carbocycles. The molecule has 1 heterocycles. The van der Waals surface area contributed by atoms with Crippen molar-refractivity contribution >= 4 is 39.1 Å². The van der Waals surface area contributed by atoms with Crippen molar-refractivity contribution in [2.45, 2.75) is 26.8 Å². The van der Waals surface area contributed by atoms with Crippen LogP contribution in [-0.4, -0.2) is 28.0 Å². The van der Waals surface area contributed by atoms with Crippen LogP contribution in [0.15, 0.2) is 54.2 Å². The van der Waals surface area contributed by atoms with E-state index in [1.165, 1.54) is 11.8 Å². The first-order chi connectivity index (χ1) is 14.8. The number of anilines is 1. The number of nitriles is 1. The summed E-state index contributed by atoms with van der Waals surface area (Å²) in [6.07, 6.45) is 1.27. The lowest BCUT2D eigenvalue weighted by Gasteiger charge is -2.17. The zero-order valence-electron chi connectivity index (χ0n) is 17.3. The molecule has 158 valence electrons. The van der Waals surface area contributed by atoms with E-state index in [0.717, 1.165) is 20.8 Å². The number of carboxylic acid groups (broad SMARTS) is 1. The summed E-state index contributed by atoms with van der Waals surface area (Å²) >= 11 is 1.62. The Morgan fingerprint density at radius 3 is 2.52 bits per heavy atom.